The first kappa shape index (κ1) is 25.3. The first-order valence-electron chi connectivity index (χ1n) is 11.0. The van der Waals surface area contributed by atoms with E-state index in [0.717, 1.165) is 22.5 Å². The van der Waals surface area contributed by atoms with E-state index in [0.29, 0.717) is 28.3 Å². The zero-order chi connectivity index (χ0) is 24.5. The Hall–Kier alpha value is -3.35. The van der Waals surface area contributed by atoms with Crippen molar-refractivity contribution in [3.63, 3.8) is 0 Å². The van der Waals surface area contributed by atoms with E-state index in [1.807, 2.05) is 68.5 Å². The third kappa shape index (κ3) is 6.83. The summed E-state index contributed by atoms with van der Waals surface area (Å²) in [5, 5.41) is 23.9. The Balaban J connectivity index is 1.71. The van der Waals surface area contributed by atoms with Crippen LogP contribution >= 0.6 is 11.8 Å². The predicted octanol–water partition coefficient (Wildman–Crippen LogP) is 6.61. The zero-order valence-electron chi connectivity index (χ0n) is 19.4. The van der Waals surface area contributed by atoms with Gasteiger partial charge in [-0.05, 0) is 36.1 Å². The third-order valence-electron chi connectivity index (χ3n) is 5.30. The van der Waals surface area contributed by atoms with Gasteiger partial charge in [-0.3, -0.25) is 4.79 Å². The monoisotopic (exact) mass is 475 g/mol. The van der Waals surface area contributed by atoms with Crippen molar-refractivity contribution in [1.82, 2.24) is 5.16 Å². The second-order valence-corrected chi connectivity index (χ2v) is 8.94. The number of hydrogen-bond acceptors (Lipinski definition) is 5. The summed E-state index contributed by atoms with van der Waals surface area (Å²) in [5.41, 5.74) is 5.90. The van der Waals surface area contributed by atoms with Gasteiger partial charge in [0.1, 0.15) is 0 Å². The number of aliphatic hydroxyl groups excluding tert-OH is 1. The number of nitrogens with zero attached hydrogens (tertiary/aromatic N) is 1. The molecule has 2 aromatic carbocycles. The molecule has 0 unspecified atom stereocenters. The molecular weight excluding hydrogens is 446 g/mol. The molecule has 5 nitrogen and oxygen atoms in total. The van der Waals surface area contributed by atoms with Crippen molar-refractivity contribution in [2.75, 3.05) is 5.75 Å². The lowest BCUT2D eigenvalue weighted by molar-refractivity contribution is -0.136. The van der Waals surface area contributed by atoms with Crippen molar-refractivity contribution in [1.29, 1.82) is 0 Å². The highest BCUT2D eigenvalue weighted by Crippen LogP contribution is 2.34. The van der Waals surface area contributed by atoms with Gasteiger partial charge in [-0.2, -0.15) is 11.8 Å². The average Bonchev–Trinajstić information content (AvgIpc) is 3.21. The number of thioether (sulfide) groups is 1. The Bertz CT molecular complexity index is 1180. The van der Waals surface area contributed by atoms with Crippen molar-refractivity contribution in [3.05, 3.63) is 107 Å². The van der Waals surface area contributed by atoms with Crippen LogP contribution in [0.25, 0.3) is 16.9 Å². The van der Waals surface area contributed by atoms with Gasteiger partial charge in [-0.25, -0.2) is 0 Å². The number of aliphatic carboxylic acids is 1. The van der Waals surface area contributed by atoms with E-state index in [1.54, 1.807) is 17.8 Å². The summed E-state index contributed by atoms with van der Waals surface area (Å²) in [4.78, 5) is 10.8. The van der Waals surface area contributed by atoms with Crippen molar-refractivity contribution < 1.29 is 19.5 Å². The second kappa shape index (κ2) is 12.2. The first-order valence-corrected chi connectivity index (χ1v) is 12.1. The molecule has 0 fully saturated rings. The molecular formula is C28H29NO4S. The SMILES string of the molecule is C=C(/C=C\C(=C/C)c1ccc(-c2onc(C)c2[C@H](O)CSCc2ccccc2)cc1)CC(=O)O. The van der Waals surface area contributed by atoms with Crippen LogP contribution in [0.5, 0.6) is 0 Å². The van der Waals surface area contributed by atoms with Crippen molar-refractivity contribution in [3.8, 4) is 11.3 Å². The fourth-order valence-corrected chi connectivity index (χ4v) is 4.49. The number of carboxylic acids is 1. The van der Waals surface area contributed by atoms with Crippen molar-refractivity contribution in [2.45, 2.75) is 32.1 Å². The molecule has 176 valence electrons. The molecule has 0 aliphatic heterocycles. The normalized spacial score (nSPS) is 12.7. The molecule has 0 bridgehead atoms. The maximum atomic E-state index is 10.9. The molecule has 0 aliphatic carbocycles. The molecule has 0 aliphatic rings. The Morgan fingerprint density at radius 1 is 1.15 bits per heavy atom. The summed E-state index contributed by atoms with van der Waals surface area (Å²) in [5.74, 6) is 1.03. The Kier molecular flexibility index (Phi) is 9.08. The van der Waals surface area contributed by atoms with E-state index in [1.165, 1.54) is 5.56 Å². The highest BCUT2D eigenvalue weighted by atomic mass is 32.2. The molecule has 0 saturated heterocycles. The summed E-state index contributed by atoms with van der Waals surface area (Å²) in [7, 11) is 0. The molecule has 0 spiro atoms. The molecule has 2 N–H and O–H groups in total. The summed E-state index contributed by atoms with van der Waals surface area (Å²) < 4.78 is 5.59. The lowest BCUT2D eigenvalue weighted by Crippen LogP contribution is -2.03. The van der Waals surface area contributed by atoms with Crippen LogP contribution in [-0.2, 0) is 10.5 Å². The van der Waals surface area contributed by atoms with Crippen LogP contribution in [0.4, 0.5) is 0 Å². The van der Waals surface area contributed by atoms with Crippen molar-refractivity contribution >= 4 is 23.3 Å². The highest BCUT2D eigenvalue weighted by molar-refractivity contribution is 7.98. The fraction of sp³-hybridized carbons (Fsp3) is 0.214. The summed E-state index contributed by atoms with van der Waals surface area (Å²) in [6, 6.07) is 18.0. The van der Waals surface area contributed by atoms with E-state index < -0.39 is 12.1 Å². The largest absolute Gasteiger partial charge is 0.481 e. The molecule has 0 radical (unpaired) electrons. The number of rotatable bonds is 11. The third-order valence-corrected chi connectivity index (χ3v) is 6.39. The standard InChI is InChI=1S/C28H29NO4S/c1-4-22(11-10-19(2)16-26(31)32)23-12-14-24(15-13-23)28-27(20(3)29-33-28)25(30)18-34-17-21-8-6-5-7-9-21/h4-15,25,30H,2,16-18H2,1,3H3,(H,31,32)/b11-10-,22-4+/t25-/m1/s1. The summed E-state index contributed by atoms with van der Waals surface area (Å²) in [6.07, 6.45) is 4.75. The van der Waals surface area contributed by atoms with Gasteiger partial charge in [-0.15, -0.1) is 0 Å². The molecule has 3 aromatic rings. The van der Waals surface area contributed by atoms with Gasteiger partial charge in [0.2, 0.25) is 0 Å². The number of aryl methyl sites for hydroxylation is 1. The van der Waals surface area contributed by atoms with E-state index in [9.17, 15) is 9.90 Å². The average molecular weight is 476 g/mol. The van der Waals surface area contributed by atoms with Gasteiger partial charge in [0.05, 0.1) is 23.8 Å². The minimum absolute atomic E-state index is 0.0913. The summed E-state index contributed by atoms with van der Waals surface area (Å²) in [6.45, 7) is 7.54. The molecule has 1 atom stereocenters. The van der Waals surface area contributed by atoms with Crippen LogP contribution < -0.4 is 0 Å². The smallest absolute Gasteiger partial charge is 0.307 e. The summed E-state index contributed by atoms with van der Waals surface area (Å²) >= 11 is 1.67. The Morgan fingerprint density at radius 2 is 1.85 bits per heavy atom. The lowest BCUT2D eigenvalue weighted by Gasteiger charge is -2.12. The van der Waals surface area contributed by atoms with Crippen LogP contribution in [0.1, 0.15) is 41.8 Å². The Morgan fingerprint density at radius 3 is 2.50 bits per heavy atom. The van der Waals surface area contributed by atoms with Gasteiger partial charge in [0.15, 0.2) is 5.76 Å². The molecule has 1 heterocycles. The maximum Gasteiger partial charge on any atom is 0.307 e. The number of hydrogen-bond donors (Lipinski definition) is 2. The molecule has 3 rings (SSSR count). The van der Waals surface area contributed by atoms with Gasteiger partial charge in [0, 0.05) is 17.1 Å². The van der Waals surface area contributed by atoms with Crippen molar-refractivity contribution in [2.24, 2.45) is 0 Å². The van der Waals surface area contributed by atoms with E-state index in [-0.39, 0.29) is 6.42 Å². The molecule has 0 amide bonds. The quantitative estimate of drug-likeness (QED) is 0.304. The minimum Gasteiger partial charge on any atom is -0.481 e. The number of aromatic nitrogens is 1. The molecule has 34 heavy (non-hydrogen) atoms. The van der Waals surface area contributed by atoms with E-state index in [4.69, 9.17) is 9.63 Å². The number of carboxylic acid groups (broad SMARTS) is 1. The van der Waals surface area contributed by atoms with Gasteiger partial charge < -0.3 is 14.7 Å². The fourth-order valence-electron chi connectivity index (χ4n) is 3.56. The first-order chi connectivity index (χ1) is 16.4. The van der Waals surface area contributed by atoms with Gasteiger partial charge in [-0.1, -0.05) is 84.6 Å². The van der Waals surface area contributed by atoms with Crippen LogP contribution in [0.2, 0.25) is 0 Å². The maximum absolute atomic E-state index is 10.9. The number of allylic oxidation sites excluding steroid dienone is 4. The highest BCUT2D eigenvalue weighted by Gasteiger charge is 2.22. The van der Waals surface area contributed by atoms with Gasteiger partial charge in [0.25, 0.3) is 0 Å². The molecule has 6 heteroatoms. The van der Waals surface area contributed by atoms with Crippen LogP contribution in [-0.4, -0.2) is 27.1 Å². The second-order valence-electron chi connectivity index (χ2n) is 7.91. The van der Waals surface area contributed by atoms with Gasteiger partial charge >= 0.3 is 5.97 Å². The number of aliphatic hydroxyl groups is 1. The van der Waals surface area contributed by atoms with E-state index in [2.05, 4.69) is 23.9 Å². The topological polar surface area (TPSA) is 83.6 Å². The van der Waals surface area contributed by atoms with Crippen LogP contribution in [0, 0.1) is 6.92 Å². The number of benzene rings is 2. The number of carbonyl (C=O) groups is 1. The molecule has 1 aromatic heterocycles. The molecule has 0 saturated carbocycles. The van der Waals surface area contributed by atoms with Crippen LogP contribution in [0.3, 0.4) is 0 Å². The lowest BCUT2D eigenvalue weighted by atomic mass is 9.99. The Labute approximate surface area is 204 Å². The minimum atomic E-state index is -0.903. The predicted molar refractivity (Wildman–Crippen MR) is 138 cm³/mol. The van der Waals surface area contributed by atoms with E-state index >= 15 is 0 Å². The zero-order valence-corrected chi connectivity index (χ0v) is 20.2. The van der Waals surface area contributed by atoms with Crippen LogP contribution in [0.15, 0.2) is 89.5 Å².